The highest BCUT2D eigenvalue weighted by atomic mass is 19.4. The molecule has 0 radical (unpaired) electrons. The first-order chi connectivity index (χ1) is 12.6. The molecule has 1 aliphatic heterocycles. The number of alkyl halides is 3. The topological polar surface area (TPSA) is 15.9 Å². The van der Waals surface area contributed by atoms with Crippen molar-refractivity contribution in [3.05, 3.63) is 65.0 Å². The summed E-state index contributed by atoms with van der Waals surface area (Å²) in [6.07, 6.45) is 0.481. The first kappa shape index (κ1) is 19.3. The lowest BCUT2D eigenvalue weighted by Gasteiger charge is -2.17. The van der Waals surface area contributed by atoms with Crippen molar-refractivity contribution in [2.75, 3.05) is 6.54 Å². The molecule has 0 spiro atoms. The van der Waals surface area contributed by atoms with Crippen molar-refractivity contribution in [3.63, 3.8) is 0 Å². The molecule has 27 heavy (non-hydrogen) atoms. The maximum Gasteiger partial charge on any atom is 0.416 e. The summed E-state index contributed by atoms with van der Waals surface area (Å²) >= 11 is 0. The van der Waals surface area contributed by atoms with Crippen molar-refractivity contribution >= 4 is 17.5 Å². The Bertz CT molecular complexity index is 921. The molecule has 2 aromatic rings. The highest BCUT2D eigenvalue weighted by molar-refractivity contribution is 6.05. The van der Waals surface area contributed by atoms with E-state index in [-0.39, 0.29) is 0 Å². The van der Waals surface area contributed by atoms with Crippen LogP contribution in [0, 0.1) is 6.92 Å². The summed E-state index contributed by atoms with van der Waals surface area (Å²) in [5, 5.41) is 0. The van der Waals surface area contributed by atoms with Crippen molar-refractivity contribution in [1.82, 2.24) is 4.98 Å². The van der Waals surface area contributed by atoms with Crippen molar-refractivity contribution in [2.24, 2.45) is 0 Å². The largest absolute Gasteiger partial charge is 0.416 e. The van der Waals surface area contributed by atoms with E-state index in [1.54, 1.807) is 6.07 Å². The third kappa shape index (κ3) is 3.68. The lowest BCUT2D eigenvalue weighted by molar-refractivity contribution is -0.437. The predicted octanol–water partition coefficient (Wildman–Crippen LogP) is 5.91. The quantitative estimate of drug-likeness (QED) is 0.609. The van der Waals surface area contributed by atoms with Gasteiger partial charge in [0.05, 0.1) is 16.7 Å². The molecule has 0 saturated carbocycles. The number of halogens is 3. The number of fused-ring (bicyclic) bond motifs is 1. The number of aromatic nitrogens is 1. The Morgan fingerprint density at radius 3 is 2.48 bits per heavy atom. The molecule has 0 bridgehead atoms. The maximum absolute atomic E-state index is 13.2. The summed E-state index contributed by atoms with van der Waals surface area (Å²) in [6.45, 7) is 8.71. The molecule has 0 unspecified atom stereocenters. The fraction of sp³-hybridized carbons (Fsp3) is 0.364. The predicted molar refractivity (Wildman–Crippen MR) is 103 cm³/mol. The van der Waals surface area contributed by atoms with Crippen molar-refractivity contribution < 1.29 is 17.7 Å². The Morgan fingerprint density at radius 2 is 1.85 bits per heavy atom. The summed E-state index contributed by atoms with van der Waals surface area (Å²) in [6, 6.07) is 9.87. The zero-order chi connectivity index (χ0) is 19.8. The second-order valence-electron chi connectivity index (χ2n) is 7.43. The van der Waals surface area contributed by atoms with Gasteiger partial charge in [-0.05, 0) is 51.1 Å². The fourth-order valence-electron chi connectivity index (χ4n) is 3.64. The van der Waals surface area contributed by atoms with Crippen molar-refractivity contribution in [1.29, 1.82) is 0 Å². The van der Waals surface area contributed by atoms with Gasteiger partial charge in [0, 0.05) is 29.8 Å². The van der Waals surface area contributed by atoms with Gasteiger partial charge in [-0.15, -0.1) is 0 Å². The highest BCUT2D eigenvalue weighted by Crippen LogP contribution is 2.43. The second-order valence-corrected chi connectivity index (χ2v) is 7.43. The molecular weight excluding hydrogens is 349 g/mol. The lowest BCUT2D eigenvalue weighted by Crippen LogP contribution is -2.28. The second kappa shape index (κ2) is 6.95. The van der Waals surface area contributed by atoms with Gasteiger partial charge >= 0.3 is 6.18 Å². The Morgan fingerprint density at radius 1 is 1.11 bits per heavy atom. The SMILES string of the molecule is CCC[N+]1=C(C=Cc2cccc(C)n2)C(C)(C)c2cc(C(F)(F)F)ccc21. The molecule has 0 aliphatic carbocycles. The Hall–Kier alpha value is -2.43. The Kier molecular flexibility index (Phi) is 4.98. The Labute approximate surface area is 158 Å². The third-order valence-electron chi connectivity index (χ3n) is 4.99. The molecule has 2 nitrogen and oxygen atoms in total. The summed E-state index contributed by atoms with van der Waals surface area (Å²) < 4.78 is 41.8. The molecule has 0 N–H and O–H groups in total. The van der Waals surface area contributed by atoms with Gasteiger partial charge in [0.2, 0.25) is 5.69 Å². The van der Waals surface area contributed by atoms with E-state index in [1.807, 2.05) is 51.1 Å². The van der Waals surface area contributed by atoms with Gasteiger partial charge in [-0.2, -0.15) is 17.7 Å². The molecule has 0 amide bonds. The minimum atomic E-state index is -4.34. The molecule has 0 fully saturated rings. The van der Waals surface area contributed by atoms with Gasteiger partial charge in [-0.1, -0.05) is 13.0 Å². The Balaban J connectivity index is 2.09. The zero-order valence-corrected chi connectivity index (χ0v) is 16.1. The van der Waals surface area contributed by atoms with Gasteiger partial charge in [-0.25, -0.2) is 0 Å². The summed E-state index contributed by atoms with van der Waals surface area (Å²) in [5.74, 6) is 0. The van der Waals surface area contributed by atoms with Gasteiger partial charge in [0.25, 0.3) is 0 Å². The van der Waals surface area contributed by atoms with Crippen LogP contribution in [-0.2, 0) is 11.6 Å². The smallest absolute Gasteiger partial charge is 0.254 e. The van der Waals surface area contributed by atoms with E-state index in [0.717, 1.165) is 35.8 Å². The van der Waals surface area contributed by atoms with Crippen LogP contribution in [0.3, 0.4) is 0 Å². The molecular formula is C22H24F3N2+. The minimum absolute atomic E-state index is 0.522. The zero-order valence-electron chi connectivity index (χ0n) is 16.1. The first-order valence-corrected chi connectivity index (χ1v) is 9.13. The first-order valence-electron chi connectivity index (χ1n) is 9.13. The number of rotatable bonds is 4. The molecule has 0 atom stereocenters. The fourth-order valence-corrected chi connectivity index (χ4v) is 3.64. The molecule has 1 aromatic heterocycles. The molecule has 3 rings (SSSR count). The van der Waals surface area contributed by atoms with Crippen molar-refractivity contribution in [2.45, 2.75) is 45.7 Å². The van der Waals surface area contributed by atoms with Crippen LogP contribution in [0.2, 0.25) is 0 Å². The number of nitrogens with zero attached hydrogens (tertiary/aromatic N) is 2. The minimum Gasteiger partial charge on any atom is -0.254 e. The average molecular weight is 373 g/mol. The highest BCUT2D eigenvalue weighted by Gasteiger charge is 2.45. The maximum atomic E-state index is 13.2. The van der Waals surface area contributed by atoms with Crippen LogP contribution in [0.1, 0.15) is 49.7 Å². The molecule has 1 aliphatic rings. The van der Waals surface area contributed by atoms with Crippen LogP contribution in [0.25, 0.3) is 6.08 Å². The number of hydrogen-bond donors (Lipinski definition) is 0. The third-order valence-corrected chi connectivity index (χ3v) is 4.99. The molecule has 0 saturated heterocycles. The van der Waals surface area contributed by atoms with Crippen LogP contribution in [0.15, 0.2) is 42.5 Å². The number of aryl methyl sites for hydroxylation is 1. The summed E-state index contributed by atoms with van der Waals surface area (Å²) in [4.78, 5) is 4.48. The van der Waals surface area contributed by atoms with Crippen LogP contribution in [0.5, 0.6) is 0 Å². The number of hydrogen-bond acceptors (Lipinski definition) is 1. The monoisotopic (exact) mass is 373 g/mol. The van der Waals surface area contributed by atoms with Crippen LogP contribution in [0.4, 0.5) is 18.9 Å². The van der Waals surface area contributed by atoms with E-state index in [2.05, 4.69) is 16.5 Å². The van der Waals surface area contributed by atoms with E-state index in [9.17, 15) is 13.2 Å². The molecule has 2 heterocycles. The van der Waals surface area contributed by atoms with E-state index < -0.39 is 17.2 Å². The van der Waals surface area contributed by atoms with Gasteiger partial charge in [0.15, 0.2) is 5.71 Å². The van der Waals surface area contributed by atoms with E-state index in [1.165, 1.54) is 12.1 Å². The standard InChI is InChI=1S/C22H24F3N2/c1-5-13-27-19-11-9-16(22(23,24)25)14-18(19)21(3,4)20(27)12-10-17-8-6-7-15(2)26-17/h6-12,14H,5,13H2,1-4H3/q+1. The van der Waals surface area contributed by atoms with E-state index in [4.69, 9.17) is 0 Å². The van der Waals surface area contributed by atoms with Gasteiger partial charge < -0.3 is 0 Å². The summed E-state index contributed by atoms with van der Waals surface area (Å²) in [5.41, 5.74) is 3.19. The van der Waals surface area contributed by atoms with Gasteiger partial charge in [0.1, 0.15) is 6.54 Å². The normalized spacial score (nSPS) is 16.3. The lowest BCUT2D eigenvalue weighted by atomic mass is 9.80. The molecule has 5 heteroatoms. The number of benzene rings is 1. The molecule has 142 valence electrons. The van der Waals surface area contributed by atoms with E-state index in [0.29, 0.717) is 5.56 Å². The van der Waals surface area contributed by atoms with Crippen LogP contribution >= 0.6 is 0 Å². The van der Waals surface area contributed by atoms with E-state index >= 15 is 0 Å². The average Bonchev–Trinajstić information content (AvgIpc) is 2.80. The van der Waals surface area contributed by atoms with Crippen LogP contribution < -0.4 is 0 Å². The van der Waals surface area contributed by atoms with Crippen molar-refractivity contribution in [3.8, 4) is 0 Å². The van der Waals surface area contributed by atoms with Gasteiger partial charge in [-0.3, -0.25) is 4.98 Å². The summed E-state index contributed by atoms with van der Waals surface area (Å²) in [7, 11) is 0. The number of allylic oxidation sites excluding steroid dienone is 1. The number of pyridine rings is 1. The molecule has 1 aromatic carbocycles. The van der Waals surface area contributed by atoms with Crippen LogP contribution in [-0.4, -0.2) is 21.8 Å².